The highest BCUT2D eigenvalue weighted by molar-refractivity contribution is 5.80. The Hall–Kier alpha value is -2.17. The molecule has 0 atom stereocenters. The molecule has 1 aromatic carbocycles. The normalized spacial score (nSPS) is 10.6. The van der Waals surface area contributed by atoms with Crippen LogP contribution in [0.4, 0.5) is 0 Å². The summed E-state index contributed by atoms with van der Waals surface area (Å²) in [5, 5.41) is 15.7. The Bertz CT molecular complexity index is 631. The summed E-state index contributed by atoms with van der Waals surface area (Å²) in [5.41, 5.74) is 1.39. The summed E-state index contributed by atoms with van der Waals surface area (Å²) in [6.45, 7) is 1.99. The molecule has 1 aromatic heterocycles. The number of hydrogen-bond donors (Lipinski definition) is 2. The van der Waals surface area contributed by atoms with E-state index in [9.17, 15) is 9.59 Å². The first kappa shape index (κ1) is 11.3. The molecule has 0 aliphatic heterocycles. The molecule has 0 aliphatic rings. The van der Waals surface area contributed by atoms with E-state index in [2.05, 4.69) is 10.2 Å². The van der Waals surface area contributed by atoms with Gasteiger partial charge in [-0.25, -0.2) is 0 Å². The van der Waals surface area contributed by atoms with Crippen molar-refractivity contribution in [2.24, 2.45) is 0 Å². The van der Waals surface area contributed by atoms with Crippen molar-refractivity contribution in [3.63, 3.8) is 0 Å². The van der Waals surface area contributed by atoms with E-state index in [0.29, 0.717) is 10.9 Å². The lowest BCUT2D eigenvalue weighted by atomic mass is 10.1. The van der Waals surface area contributed by atoms with Gasteiger partial charge in [0.15, 0.2) is 0 Å². The molecular formula is C12H12N2O3. The van der Waals surface area contributed by atoms with Crippen molar-refractivity contribution >= 4 is 16.9 Å². The van der Waals surface area contributed by atoms with Crippen molar-refractivity contribution in [2.45, 2.75) is 19.8 Å². The minimum atomic E-state index is -1.06. The van der Waals surface area contributed by atoms with Crippen LogP contribution in [0.1, 0.15) is 18.2 Å². The Morgan fingerprint density at radius 1 is 1.47 bits per heavy atom. The molecule has 5 nitrogen and oxygen atoms in total. The molecule has 1 heterocycles. The molecule has 2 N–H and O–H groups in total. The zero-order valence-electron chi connectivity index (χ0n) is 9.36. The number of hydrogen-bond acceptors (Lipinski definition) is 3. The molecule has 17 heavy (non-hydrogen) atoms. The third-order valence-electron chi connectivity index (χ3n) is 2.63. The second-order valence-corrected chi connectivity index (χ2v) is 3.80. The average molecular weight is 232 g/mol. The monoisotopic (exact) mass is 232 g/mol. The van der Waals surface area contributed by atoms with Crippen LogP contribution in [0.5, 0.6) is 0 Å². The van der Waals surface area contributed by atoms with Crippen LogP contribution in [0.2, 0.25) is 0 Å². The molecular weight excluding hydrogens is 220 g/mol. The minimum absolute atomic E-state index is 0.0400. The average Bonchev–Trinajstić information content (AvgIpc) is 2.32. The number of aromatic nitrogens is 2. The summed E-state index contributed by atoms with van der Waals surface area (Å²) in [4.78, 5) is 22.6. The molecule has 0 saturated heterocycles. The lowest BCUT2D eigenvalue weighted by Crippen LogP contribution is -2.17. The molecule has 0 fully saturated rings. The number of rotatable bonds is 3. The van der Waals surface area contributed by atoms with E-state index in [4.69, 9.17) is 5.11 Å². The van der Waals surface area contributed by atoms with Gasteiger partial charge in [0.25, 0.3) is 0 Å². The molecule has 0 amide bonds. The minimum Gasteiger partial charge on any atom is -0.481 e. The second kappa shape index (κ2) is 4.37. The van der Waals surface area contributed by atoms with Gasteiger partial charge in [-0.2, -0.15) is 5.10 Å². The van der Waals surface area contributed by atoms with E-state index >= 15 is 0 Å². The number of nitrogens with one attached hydrogen (secondary N) is 1. The second-order valence-electron chi connectivity index (χ2n) is 3.80. The Morgan fingerprint density at radius 2 is 2.24 bits per heavy atom. The van der Waals surface area contributed by atoms with Crippen LogP contribution < -0.4 is 5.43 Å². The van der Waals surface area contributed by atoms with E-state index in [1.165, 1.54) is 0 Å². The molecule has 0 unspecified atom stereocenters. The number of fused-ring (bicyclic) bond motifs is 1. The summed E-state index contributed by atoms with van der Waals surface area (Å²) in [6.07, 6.45) is 0.466. The first-order valence-electron chi connectivity index (χ1n) is 5.33. The smallest absolute Gasteiger partial charge is 0.309 e. The van der Waals surface area contributed by atoms with Crippen molar-refractivity contribution in [1.29, 1.82) is 0 Å². The van der Waals surface area contributed by atoms with Crippen LogP contribution in [-0.2, 0) is 17.6 Å². The number of carbonyl (C=O) groups is 1. The van der Waals surface area contributed by atoms with Gasteiger partial charge in [-0.1, -0.05) is 13.0 Å². The molecule has 0 spiro atoms. The standard InChI is InChI=1S/C12H12N2O3/c1-2-7-3-4-9-8(5-7)12(17)10(14-13-9)6-11(15)16/h3-5H,2,6H2,1H3,(H,13,17)(H,15,16). The van der Waals surface area contributed by atoms with Crippen molar-refractivity contribution in [3.8, 4) is 0 Å². The molecule has 0 saturated carbocycles. The molecule has 5 heteroatoms. The van der Waals surface area contributed by atoms with Gasteiger partial charge < -0.3 is 5.11 Å². The first-order valence-corrected chi connectivity index (χ1v) is 5.33. The first-order chi connectivity index (χ1) is 8.11. The quantitative estimate of drug-likeness (QED) is 0.830. The van der Waals surface area contributed by atoms with Gasteiger partial charge in [0, 0.05) is 5.39 Å². The van der Waals surface area contributed by atoms with Crippen molar-refractivity contribution in [1.82, 2.24) is 10.2 Å². The highest BCUT2D eigenvalue weighted by Crippen LogP contribution is 2.10. The summed E-state index contributed by atoms with van der Waals surface area (Å²) in [7, 11) is 0. The number of benzene rings is 1. The van der Waals surface area contributed by atoms with E-state index in [0.717, 1.165) is 12.0 Å². The van der Waals surface area contributed by atoms with Crippen LogP contribution in [0, 0.1) is 0 Å². The maximum atomic E-state index is 12.0. The topological polar surface area (TPSA) is 83.1 Å². The van der Waals surface area contributed by atoms with Gasteiger partial charge in [0.1, 0.15) is 5.69 Å². The molecule has 88 valence electrons. The number of H-pyrrole nitrogens is 1. The van der Waals surface area contributed by atoms with Gasteiger partial charge in [-0.05, 0) is 24.1 Å². The number of carboxylic acids is 1. The molecule has 0 bridgehead atoms. The van der Waals surface area contributed by atoms with Crippen molar-refractivity contribution < 1.29 is 9.90 Å². The van der Waals surface area contributed by atoms with Crippen LogP contribution >= 0.6 is 0 Å². The predicted molar refractivity (Wildman–Crippen MR) is 63.1 cm³/mol. The van der Waals surface area contributed by atoms with Gasteiger partial charge >= 0.3 is 5.97 Å². The van der Waals surface area contributed by atoms with Gasteiger partial charge in [-0.3, -0.25) is 14.7 Å². The zero-order chi connectivity index (χ0) is 12.4. The number of aromatic amines is 1. The predicted octanol–water partition coefficient (Wildman–Crippen LogP) is 1.11. The Morgan fingerprint density at radius 3 is 2.88 bits per heavy atom. The Kier molecular flexibility index (Phi) is 2.91. The number of aliphatic carboxylic acids is 1. The fourth-order valence-corrected chi connectivity index (χ4v) is 1.69. The summed E-state index contributed by atoms with van der Waals surface area (Å²) in [6, 6.07) is 5.48. The van der Waals surface area contributed by atoms with Crippen molar-refractivity contribution in [2.75, 3.05) is 0 Å². The molecule has 0 aliphatic carbocycles. The van der Waals surface area contributed by atoms with Crippen LogP contribution in [-0.4, -0.2) is 21.3 Å². The van der Waals surface area contributed by atoms with E-state index in [-0.39, 0.29) is 17.5 Å². The zero-order valence-corrected chi connectivity index (χ0v) is 9.36. The molecule has 2 rings (SSSR count). The van der Waals surface area contributed by atoms with E-state index in [1.54, 1.807) is 12.1 Å². The number of nitrogens with zero attached hydrogens (tertiary/aromatic N) is 1. The maximum absolute atomic E-state index is 12.0. The summed E-state index contributed by atoms with van der Waals surface area (Å²) < 4.78 is 0. The fourth-order valence-electron chi connectivity index (χ4n) is 1.69. The third kappa shape index (κ3) is 2.18. The van der Waals surface area contributed by atoms with Gasteiger partial charge in [0.2, 0.25) is 5.43 Å². The van der Waals surface area contributed by atoms with E-state index < -0.39 is 5.97 Å². The Balaban J connectivity index is 2.64. The Labute approximate surface area is 97.1 Å². The fraction of sp³-hybridized carbons (Fsp3) is 0.250. The van der Waals surface area contributed by atoms with Crippen molar-refractivity contribution in [3.05, 3.63) is 39.7 Å². The molecule has 2 aromatic rings. The number of carboxylic acid groups (broad SMARTS) is 1. The summed E-state index contributed by atoms with van der Waals surface area (Å²) in [5.74, 6) is -1.06. The SMILES string of the molecule is CCc1ccc2[nH]nc(CC(=O)O)c(=O)c2c1. The molecule has 0 radical (unpaired) electrons. The largest absolute Gasteiger partial charge is 0.481 e. The summed E-state index contributed by atoms with van der Waals surface area (Å²) >= 11 is 0. The lowest BCUT2D eigenvalue weighted by molar-refractivity contribution is -0.136. The van der Waals surface area contributed by atoms with Gasteiger partial charge in [0.05, 0.1) is 11.9 Å². The third-order valence-corrected chi connectivity index (χ3v) is 2.63. The highest BCUT2D eigenvalue weighted by atomic mass is 16.4. The highest BCUT2D eigenvalue weighted by Gasteiger charge is 2.10. The lowest BCUT2D eigenvalue weighted by Gasteiger charge is -2.02. The van der Waals surface area contributed by atoms with Crippen LogP contribution in [0.15, 0.2) is 23.0 Å². The van der Waals surface area contributed by atoms with Crippen LogP contribution in [0.3, 0.4) is 0 Å². The number of aryl methyl sites for hydroxylation is 1. The van der Waals surface area contributed by atoms with Crippen LogP contribution in [0.25, 0.3) is 10.9 Å². The van der Waals surface area contributed by atoms with E-state index in [1.807, 2.05) is 13.0 Å². The maximum Gasteiger partial charge on any atom is 0.309 e. The van der Waals surface area contributed by atoms with Gasteiger partial charge in [-0.15, -0.1) is 0 Å².